The van der Waals surface area contributed by atoms with Gasteiger partial charge in [-0.15, -0.1) is 12.6 Å². The molecule has 2 atom stereocenters. The molecule has 1 saturated heterocycles. The number of likely N-dealkylation sites (tertiary alicyclic amines) is 1. The van der Waals surface area contributed by atoms with Gasteiger partial charge in [0.05, 0.1) is 0 Å². The third-order valence-corrected chi connectivity index (χ3v) is 3.75. The first-order valence-electron chi connectivity index (χ1n) is 7.61. The second-order valence-electron chi connectivity index (χ2n) is 5.98. The van der Waals surface area contributed by atoms with Crippen molar-refractivity contribution in [1.82, 2.24) is 4.90 Å². The summed E-state index contributed by atoms with van der Waals surface area (Å²) in [4.78, 5) is 25.5. The molecular formula is C16H21NO3S. The molecule has 4 nitrogen and oxygen atoms in total. The predicted molar refractivity (Wildman–Crippen MR) is 84.5 cm³/mol. The second-order valence-corrected chi connectivity index (χ2v) is 6.42. The van der Waals surface area contributed by atoms with Crippen molar-refractivity contribution >= 4 is 23.8 Å². The molecule has 0 saturated carbocycles. The summed E-state index contributed by atoms with van der Waals surface area (Å²) in [6.45, 7) is 3.75. The molecule has 0 aromatic heterocycles. The number of benzene rings is 1. The second kappa shape index (κ2) is 6.10. The van der Waals surface area contributed by atoms with Crippen LogP contribution in [-0.2, 0) is 9.53 Å². The van der Waals surface area contributed by atoms with Gasteiger partial charge in [-0.25, -0.2) is 4.79 Å². The molecule has 0 bridgehead atoms. The van der Waals surface area contributed by atoms with Crippen LogP contribution >= 0.6 is 12.6 Å². The Morgan fingerprint density at radius 1 is 1.38 bits per heavy atom. The van der Waals surface area contributed by atoms with E-state index < -0.39 is 17.7 Å². The number of rotatable bonds is 2. The Morgan fingerprint density at radius 3 is 2.62 bits per heavy atom. The van der Waals surface area contributed by atoms with E-state index in [0.717, 1.165) is 5.56 Å². The van der Waals surface area contributed by atoms with Crippen molar-refractivity contribution < 1.29 is 15.7 Å². The highest BCUT2D eigenvalue weighted by Gasteiger charge is 2.40. The third kappa shape index (κ3) is 4.00. The Balaban J connectivity index is 2.15. The van der Waals surface area contributed by atoms with E-state index in [1.165, 1.54) is 4.90 Å². The average molecular weight is 308 g/mol. The van der Waals surface area contributed by atoms with Crippen LogP contribution in [0.25, 0.3) is 0 Å². The van der Waals surface area contributed by atoms with Gasteiger partial charge in [0.25, 0.3) is 0 Å². The number of amides is 1. The lowest BCUT2D eigenvalue weighted by Gasteiger charge is -2.27. The van der Waals surface area contributed by atoms with Crippen molar-refractivity contribution in [1.29, 1.82) is 0 Å². The Bertz CT molecular complexity index is 550. The van der Waals surface area contributed by atoms with Gasteiger partial charge in [0, 0.05) is 13.8 Å². The zero-order valence-electron chi connectivity index (χ0n) is 13.3. The highest BCUT2D eigenvalue weighted by molar-refractivity contribution is 7.96. The van der Waals surface area contributed by atoms with E-state index in [1.54, 1.807) is 13.8 Å². The molecule has 1 aliphatic heterocycles. The molecule has 1 amide bonds. The quantitative estimate of drug-likeness (QED) is 0.853. The smallest absolute Gasteiger partial charge is 0.410 e. The Hall–Kier alpha value is -1.49. The fraction of sp³-hybridized carbons (Fsp3) is 0.500. The molecule has 1 aliphatic rings. The molecule has 0 radical (unpaired) electrons. The number of hydrogen-bond donors (Lipinski definition) is 1. The molecule has 0 spiro atoms. The minimum Gasteiger partial charge on any atom is -0.444 e. The molecule has 1 fully saturated rings. The molecule has 0 N–H and O–H groups in total. The van der Waals surface area contributed by atoms with Crippen molar-refractivity contribution in [3.05, 3.63) is 35.9 Å². The predicted octanol–water partition coefficient (Wildman–Crippen LogP) is 3.24. The topological polar surface area (TPSA) is 46.6 Å². The fourth-order valence-corrected chi connectivity index (χ4v) is 2.78. The number of carbonyl (C=O) groups is 2. The highest BCUT2D eigenvalue weighted by atomic mass is 32.1. The van der Waals surface area contributed by atoms with Crippen molar-refractivity contribution in [3.63, 3.8) is 0 Å². The average Bonchev–Trinajstić information content (AvgIpc) is 2.93. The van der Waals surface area contributed by atoms with Crippen LogP contribution in [0.4, 0.5) is 4.79 Å². The van der Waals surface area contributed by atoms with Crippen LogP contribution in [0.1, 0.15) is 40.0 Å². The molecule has 5 heteroatoms. The van der Waals surface area contributed by atoms with E-state index in [2.05, 4.69) is 12.6 Å². The minimum absolute atomic E-state index is 0.0335. The zero-order chi connectivity index (χ0) is 16.3. The Morgan fingerprint density at radius 2 is 2.05 bits per heavy atom. The van der Waals surface area contributed by atoms with Crippen LogP contribution in [0.3, 0.4) is 0 Å². The first-order chi connectivity index (χ1) is 10.3. The van der Waals surface area contributed by atoms with Crippen LogP contribution < -0.4 is 0 Å². The molecule has 1 heterocycles. The van der Waals surface area contributed by atoms with E-state index in [1.807, 2.05) is 30.3 Å². The standard InChI is InChI=1S/C16H21NO3S/c1-16(2,3)20-15(19)17-10-12(9-13(17)14(18)21)11-7-5-4-6-8-11/h4-8,12-13H,9-10H2,1-3H3,(H,18,21)/t12-,13-/m0/s1/i1D. The molecule has 1 aromatic carbocycles. The van der Waals surface area contributed by atoms with Crippen molar-refractivity contribution in [2.45, 2.75) is 44.7 Å². The van der Waals surface area contributed by atoms with Gasteiger partial charge in [-0.05, 0) is 32.7 Å². The van der Waals surface area contributed by atoms with E-state index in [9.17, 15) is 9.59 Å². The number of thiol groups is 1. The maximum atomic E-state index is 12.3. The number of ether oxygens (including phenoxy) is 1. The van der Waals surface area contributed by atoms with Crippen LogP contribution in [0.15, 0.2) is 30.3 Å². The summed E-state index contributed by atoms with van der Waals surface area (Å²) in [5, 5.41) is -0.334. The van der Waals surface area contributed by atoms with Gasteiger partial charge in [0.1, 0.15) is 11.6 Å². The van der Waals surface area contributed by atoms with Gasteiger partial charge >= 0.3 is 6.09 Å². The normalized spacial score (nSPS) is 22.8. The fourth-order valence-electron chi connectivity index (χ4n) is 2.53. The maximum Gasteiger partial charge on any atom is 0.410 e. The van der Waals surface area contributed by atoms with E-state index in [-0.39, 0.29) is 17.9 Å². The Kier molecular flexibility index (Phi) is 4.19. The van der Waals surface area contributed by atoms with Gasteiger partial charge in [0.2, 0.25) is 5.12 Å². The summed E-state index contributed by atoms with van der Waals surface area (Å²) in [6.07, 6.45) is -0.00831. The number of nitrogens with zero attached hydrogens (tertiary/aromatic N) is 1. The molecule has 0 unspecified atom stereocenters. The molecule has 1 aromatic rings. The van der Waals surface area contributed by atoms with Gasteiger partial charge in [0.15, 0.2) is 0 Å². The summed E-state index contributed by atoms with van der Waals surface area (Å²) >= 11 is 3.91. The minimum atomic E-state index is -0.869. The van der Waals surface area contributed by atoms with Gasteiger partial charge in [-0.2, -0.15) is 0 Å². The highest BCUT2D eigenvalue weighted by Crippen LogP contribution is 2.33. The molecule has 0 aliphatic carbocycles. The SMILES string of the molecule is [2H]CC(C)(C)OC(=O)N1C[C@@H](c2ccccc2)C[C@H]1C(=O)S. The first-order valence-corrected chi connectivity index (χ1v) is 7.35. The van der Waals surface area contributed by atoms with Gasteiger partial charge < -0.3 is 4.74 Å². The van der Waals surface area contributed by atoms with Crippen molar-refractivity contribution in [3.8, 4) is 0 Å². The molecule has 114 valence electrons. The lowest BCUT2D eigenvalue weighted by atomic mass is 9.97. The number of hydrogen-bond acceptors (Lipinski definition) is 3. The third-order valence-electron chi connectivity index (χ3n) is 3.46. The van der Waals surface area contributed by atoms with Crippen molar-refractivity contribution in [2.24, 2.45) is 0 Å². The van der Waals surface area contributed by atoms with Crippen molar-refractivity contribution in [2.75, 3.05) is 6.54 Å². The first kappa shape index (κ1) is 14.4. The van der Waals surface area contributed by atoms with E-state index >= 15 is 0 Å². The van der Waals surface area contributed by atoms with Crippen LogP contribution in [-0.4, -0.2) is 34.3 Å². The summed E-state index contributed by atoms with van der Waals surface area (Å²) < 4.78 is 12.7. The summed E-state index contributed by atoms with van der Waals surface area (Å²) in [6, 6.07) is 9.22. The summed E-state index contributed by atoms with van der Waals surface area (Å²) in [5.74, 6) is 0.0916. The lowest BCUT2D eigenvalue weighted by Crippen LogP contribution is -2.42. The van der Waals surface area contributed by atoms with Crippen LogP contribution in [0.5, 0.6) is 0 Å². The largest absolute Gasteiger partial charge is 0.444 e. The summed E-state index contributed by atoms with van der Waals surface area (Å²) in [5.41, 5.74) is 0.226. The van der Waals surface area contributed by atoms with Gasteiger partial charge in [-0.3, -0.25) is 9.69 Å². The van der Waals surface area contributed by atoms with E-state index in [0.29, 0.717) is 13.0 Å². The monoisotopic (exact) mass is 308 g/mol. The van der Waals surface area contributed by atoms with Gasteiger partial charge in [-0.1, -0.05) is 30.3 Å². The lowest BCUT2D eigenvalue weighted by molar-refractivity contribution is -0.114. The number of carbonyl (C=O) groups excluding carboxylic acids is 2. The Labute approximate surface area is 132 Å². The van der Waals surface area contributed by atoms with Crippen LogP contribution in [0, 0.1) is 0 Å². The summed E-state index contributed by atoms with van der Waals surface area (Å²) in [7, 11) is 0. The maximum absolute atomic E-state index is 12.3. The van der Waals surface area contributed by atoms with E-state index in [4.69, 9.17) is 6.11 Å². The van der Waals surface area contributed by atoms with Crippen LogP contribution in [0.2, 0.25) is 0 Å². The molecule has 21 heavy (non-hydrogen) atoms. The zero-order valence-corrected chi connectivity index (χ0v) is 13.2. The molecule has 2 rings (SSSR count). The molecular weight excluding hydrogens is 286 g/mol.